The summed E-state index contributed by atoms with van der Waals surface area (Å²) < 4.78 is 4.91. The molecule has 11 atom stereocenters. The number of esters is 1. The van der Waals surface area contributed by atoms with Gasteiger partial charge in [-0.05, 0) is 169 Å². The molecule has 4 aliphatic carbocycles. The van der Waals surface area contributed by atoms with Gasteiger partial charge in [-0.25, -0.2) is 4.79 Å². The Morgan fingerprint density at radius 2 is 1.56 bits per heavy atom. The summed E-state index contributed by atoms with van der Waals surface area (Å²) in [5.41, 5.74) is 12.1. The van der Waals surface area contributed by atoms with Crippen LogP contribution in [-0.4, -0.2) is 86.4 Å². The van der Waals surface area contributed by atoms with Gasteiger partial charge in [-0.3, -0.25) is 4.79 Å². The van der Waals surface area contributed by atoms with Gasteiger partial charge in [0.25, 0.3) is 0 Å². The van der Waals surface area contributed by atoms with Crippen LogP contribution in [0.3, 0.4) is 0 Å². The number of nitrogens with zero attached hydrogens (tertiary/aromatic N) is 1. The molecule has 4 rings (SSSR count). The van der Waals surface area contributed by atoms with Crippen LogP contribution in [-0.2, 0) is 14.3 Å². The van der Waals surface area contributed by atoms with E-state index in [1.54, 1.807) is 0 Å². The number of hydrogen-bond acceptors (Lipinski definition) is 8. The van der Waals surface area contributed by atoms with Crippen molar-refractivity contribution in [3.8, 4) is 0 Å². The monoisotopic (exact) mass is 676 g/mol. The van der Waals surface area contributed by atoms with Crippen molar-refractivity contribution < 1.29 is 19.4 Å². The highest BCUT2D eigenvalue weighted by Crippen LogP contribution is 2.68. The van der Waals surface area contributed by atoms with Crippen LogP contribution in [0, 0.1) is 52.3 Å². The van der Waals surface area contributed by atoms with Crippen molar-refractivity contribution in [1.29, 1.82) is 0 Å². The average Bonchev–Trinajstić information content (AvgIpc) is 3.42. The number of fused-ring (bicyclic) bond motifs is 5. The predicted molar refractivity (Wildman–Crippen MR) is 194 cm³/mol. The van der Waals surface area contributed by atoms with Crippen molar-refractivity contribution in [2.75, 3.05) is 46.4 Å². The SMILES string of the molecule is COC(=O)[C@@H](NC(=O)CC[C@@H](C)[C@H]1CCC2C3C(O)C[C@@H]4C[C@@H](NCCCN(CCCN)CCCN)CC[C@]4(C)C3CC[C@@]21C)C(C)C. The second-order valence-electron chi connectivity index (χ2n) is 17.3. The molecule has 0 heterocycles. The minimum atomic E-state index is -0.598. The molecule has 4 fully saturated rings. The topological polar surface area (TPSA) is 143 Å². The average molecular weight is 676 g/mol. The molecule has 0 aromatic carbocycles. The number of carbonyl (C=O) groups excluding carboxylic acids is 2. The van der Waals surface area contributed by atoms with Crippen LogP contribution in [0.25, 0.3) is 0 Å². The van der Waals surface area contributed by atoms with E-state index < -0.39 is 6.04 Å². The highest BCUT2D eigenvalue weighted by atomic mass is 16.5. The molecule has 48 heavy (non-hydrogen) atoms. The van der Waals surface area contributed by atoms with Crippen LogP contribution in [0.2, 0.25) is 0 Å². The molecule has 278 valence electrons. The number of carbonyl (C=O) groups is 2. The van der Waals surface area contributed by atoms with Gasteiger partial charge in [-0.15, -0.1) is 0 Å². The smallest absolute Gasteiger partial charge is 0.328 e. The van der Waals surface area contributed by atoms with E-state index in [4.69, 9.17) is 16.2 Å². The molecule has 0 aromatic heterocycles. The molecule has 0 aliphatic heterocycles. The van der Waals surface area contributed by atoms with E-state index in [9.17, 15) is 14.7 Å². The Balaban J connectivity index is 1.29. The maximum absolute atomic E-state index is 12.9. The Morgan fingerprint density at radius 1 is 0.917 bits per heavy atom. The van der Waals surface area contributed by atoms with Gasteiger partial charge in [0.1, 0.15) is 6.04 Å². The second kappa shape index (κ2) is 17.8. The molecule has 4 unspecified atom stereocenters. The van der Waals surface area contributed by atoms with Crippen molar-refractivity contribution in [3.05, 3.63) is 0 Å². The van der Waals surface area contributed by atoms with Crippen LogP contribution >= 0.6 is 0 Å². The fraction of sp³-hybridized carbons (Fsp3) is 0.949. The van der Waals surface area contributed by atoms with E-state index in [0.717, 1.165) is 71.4 Å². The number of aliphatic hydroxyl groups excluding tert-OH is 1. The van der Waals surface area contributed by atoms with Crippen molar-refractivity contribution in [3.63, 3.8) is 0 Å². The zero-order valence-corrected chi connectivity index (χ0v) is 31.5. The third-order valence-corrected chi connectivity index (χ3v) is 14.1. The fourth-order valence-electron chi connectivity index (χ4n) is 11.4. The van der Waals surface area contributed by atoms with Gasteiger partial charge in [0.15, 0.2) is 0 Å². The number of ether oxygens (including phenoxy) is 1. The highest BCUT2D eigenvalue weighted by molar-refractivity contribution is 5.84. The lowest BCUT2D eigenvalue weighted by molar-refractivity contribution is -0.167. The molecule has 9 nitrogen and oxygen atoms in total. The van der Waals surface area contributed by atoms with Gasteiger partial charge in [0.05, 0.1) is 13.2 Å². The van der Waals surface area contributed by atoms with Crippen LogP contribution < -0.4 is 22.1 Å². The van der Waals surface area contributed by atoms with Gasteiger partial charge < -0.3 is 36.8 Å². The predicted octanol–water partition coefficient (Wildman–Crippen LogP) is 4.69. The van der Waals surface area contributed by atoms with Crippen molar-refractivity contribution >= 4 is 11.9 Å². The summed E-state index contributed by atoms with van der Waals surface area (Å²) in [6.07, 6.45) is 13.8. The van der Waals surface area contributed by atoms with E-state index in [0.29, 0.717) is 53.4 Å². The Kier molecular flexibility index (Phi) is 14.6. The normalized spacial score (nSPS) is 35.9. The Morgan fingerprint density at radius 3 is 2.21 bits per heavy atom. The zero-order chi connectivity index (χ0) is 35.1. The molecule has 4 aliphatic rings. The van der Waals surface area contributed by atoms with Crippen molar-refractivity contribution in [1.82, 2.24) is 15.5 Å². The summed E-state index contributed by atoms with van der Waals surface area (Å²) in [5.74, 6) is 2.69. The fourth-order valence-corrected chi connectivity index (χ4v) is 11.4. The van der Waals surface area contributed by atoms with Gasteiger partial charge in [0, 0.05) is 12.5 Å². The third-order valence-electron chi connectivity index (χ3n) is 14.1. The van der Waals surface area contributed by atoms with Gasteiger partial charge in [-0.2, -0.15) is 0 Å². The Hall–Kier alpha value is -1.26. The number of aliphatic hydroxyl groups is 1. The van der Waals surface area contributed by atoms with Crippen LogP contribution in [0.15, 0.2) is 0 Å². The summed E-state index contributed by atoms with van der Waals surface area (Å²) in [7, 11) is 1.37. The molecule has 1 amide bonds. The maximum atomic E-state index is 12.9. The van der Waals surface area contributed by atoms with Crippen molar-refractivity contribution in [2.24, 2.45) is 63.7 Å². The Labute approximate surface area is 292 Å². The number of nitrogens with two attached hydrogens (primary N) is 2. The molecule has 4 saturated carbocycles. The van der Waals surface area contributed by atoms with Gasteiger partial charge in [-0.1, -0.05) is 34.6 Å². The first-order chi connectivity index (χ1) is 22.9. The second-order valence-corrected chi connectivity index (χ2v) is 17.3. The summed E-state index contributed by atoms with van der Waals surface area (Å²) in [6, 6.07) is -0.0426. The zero-order valence-electron chi connectivity index (χ0n) is 31.5. The highest BCUT2D eigenvalue weighted by Gasteiger charge is 2.62. The lowest BCUT2D eigenvalue weighted by Crippen LogP contribution is -2.59. The number of nitrogens with one attached hydrogen (secondary N) is 2. The third kappa shape index (κ3) is 8.96. The van der Waals surface area contributed by atoms with Crippen LogP contribution in [0.1, 0.15) is 118 Å². The summed E-state index contributed by atoms with van der Waals surface area (Å²) in [5, 5.41) is 18.7. The first-order valence-corrected chi connectivity index (χ1v) is 19.8. The number of hydrogen-bond donors (Lipinski definition) is 5. The molecular formula is C39H73N5O4. The Bertz CT molecular complexity index is 1020. The van der Waals surface area contributed by atoms with E-state index in [1.807, 2.05) is 13.8 Å². The van der Waals surface area contributed by atoms with Crippen molar-refractivity contribution in [2.45, 2.75) is 136 Å². The standard InChI is InChI=1S/C39H73N5O4/c1-26(2)36(37(47)48-6)43-34(46)13-10-27(3)30-11-12-31-35-32(15-17-39(30,31)5)38(4)16-14-29(24-28(38)25-33(35)45)42-20-9-23-44(21-7-18-40)22-8-19-41/h26-33,35-36,42,45H,7-25,40-41H2,1-6H3,(H,43,46)/t27-,28+,29+,30-,31?,32?,33?,35?,36+,38+,39-/m1/s1. The van der Waals surface area contributed by atoms with Gasteiger partial charge in [0.2, 0.25) is 5.91 Å². The molecule has 0 saturated heterocycles. The maximum Gasteiger partial charge on any atom is 0.328 e. The number of rotatable bonds is 18. The summed E-state index contributed by atoms with van der Waals surface area (Å²) >= 11 is 0. The number of amides is 1. The minimum Gasteiger partial charge on any atom is -0.467 e. The first-order valence-electron chi connectivity index (χ1n) is 19.8. The number of methoxy groups -OCH3 is 1. The van der Waals surface area contributed by atoms with Crippen LogP contribution in [0.5, 0.6) is 0 Å². The summed E-state index contributed by atoms with van der Waals surface area (Å²) in [6.45, 7) is 17.1. The quantitative estimate of drug-likeness (QED) is 0.104. The molecular weight excluding hydrogens is 602 g/mol. The van der Waals surface area contributed by atoms with E-state index >= 15 is 0 Å². The largest absolute Gasteiger partial charge is 0.467 e. The molecule has 0 aromatic rings. The van der Waals surface area contributed by atoms with E-state index in [1.165, 1.54) is 52.1 Å². The summed E-state index contributed by atoms with van der Waals surface area (Å²) in [4.78, 5) is 27.6. The minimum absolute atomic E-state index is 0.0157. The molecule has 0 radical (unpaired) electrons. The van der Waals surface area contributed by atoms with E-state index in [2.05, 4.69) is 36.3 Å². The molecule has 0 bridgehead atoms. The van der Waals surface area contributed by atoms with E-state index in [-0.39, 0.29) is 29.3 Å². The first kappa shape index (κ1) is 39.5. The van der Waals surface area contributed by atoms with Crippen LogP contribution in [0.4, 0.5) is 0 Å². The lowest BCUT2D eigenvalue weighted by Gasteiger charge is -2.62. The van der Waals surface area contributed by atoms with Gasteiger partial charge >= 0.3 is 5.97 Å². The molecule has 7 N–H and O–H groups in total. The molecule has 9 heteroatoms. The molecule has 0 spiro atoms. The lowest BCUT2D eigenvalue weighted by atomic mass is 9.43.